The predicted octanol–water partition coefficient (Wildman–Crippen LogP) is 4.14. The quantitative estimate of drug-likeness (QED) is 0.656. The Morgan fingerprint density at radius 3 is 2.14 bits per heavy atom. The highest BCUT2D eigenvalue weighted by atomic mass is 32.1. The number of aliphatic carboxylic acids is 1. The molecule has 7 nitrogen and oxygen atoms in total. The van der Waals surface area contributed by atoms with E-state index in [2.05, 4.69) is 14.7 Å². The lowest BCUT2D eigenvalue weighted by Crippen LogP contribution is -2.21. The molecule has 0 unspecified atom stereocenters. The van der Waals surface area contributed by atoms with Gasteiger partial charge in [-0.1, -0.05) is 0 Å². The summed E-state index contributed by atoms with van der Waals surface area (Å²) in [4.78, 5) is 26.0. The number of carboxylic acids is 1. The molecule has 0 bridgehead atoms. The van der Waals surface area contributed by atoms with E-state index in [1.54, 1.807) is 12.5 Å². The van der Waals surface area contributed by atoms with Crippen LogP contribution in [-0.4, -0.2) is 37.1 Å². The molecular weight excluding hydrogens is 409 g/mol. The molecule has 1 amide bonds. The second kappa shape index (κ2) is 8.86. The van der Waals surface area contributed by atoms with Crippen LogP contribution in [0.25, 0.3) is 5.69 Å². The van der Waals surface area contributed by atoms with E-state index in [1.807, 2.05) is 49.6 Å². The highest BCUT2D eigenvalue weighted by Gasteiger charge is 2.38. The minimum Gasteiger partial charge on any atom is -0.475 e. The van der Waals surface area contributed by atoms with Gasteiger partial charge in [-0.2, -0.15) is 13.2 Å². The van der Waals surface area contributed by atoms with Crippen LogP contribution in [0.2, 0.25) is 0 Å². The average Bonchev–Trinajstić information content (AvgIpc) is 3.22. The average molecular weight is 426 g/mol. The van der Waals surface area contributed by atoms with E-state index >= 15 is 0 Å². The van der Waals surface area contributed by atoms with E-state index in [4.69, 9.17) is 9.90 Å². The highest BCUT2D eigenvalue weighted by molar-refractivity contribution is 7.08. The molecule has 0 saturated carbocycles. The van der Waals surface area contributed by atoms with Crippen LogP contribution in [0.1, 0.15) is 26.6 Å². The Morgan fingerprint density at radius 1 is 1.14 bits per heavy atom. The van der Waals surface area contributed by atoms with Crippen molar-refractivity contribution in [2.24, 2.45) is 0 Å². The monoisotopic (exact) mass is 426 g/mol. The number of hydrogen-bond donors (Lipinski definition) is 2. The van der Waals surface area contributed by atoms with E-state index in [1.165, 1.54) is 11.5 Å². The van der Waals surface area contributed by atoms with E-state index < -0.39 is 12.1 Å². The van der Waals surface area contributed by atoms with Crippen LogP contribution < -0.4 is 5.32 Å². The van der Waals surface area contributed by atoms with Gasteiger partial charge in [0.1, 0.15) is 4.88 Å². The number of hydrogen-bond acceptors (Lipinski definition) is 5. The Bertz CT molecular complexity index is 1010. The number of carbonyl (C=O) groups excluding carboxylic acids is 1. The predicted molar refractivity (Wildman–Crippen MR) is 102 cm³/mol. The summed E-state index contributed by atoms with van der Waals surface area (Å²) in [7, 11) is 0. The minimum absolute atomic E-state index is 0.123. The molecule has 29 heavy (non-hydrogen) atoms. The van der Waals surface area contributed by atoms with E-state index in [0.29, 0.717) is 4.88 Å². The van der Waals surface area contributed by atoms with Crippen molar-refractivity contribution in [3.8, 4) is 5.69 Å². The van der Waals surface area contributed by atoms with Gasteiger partial charge in [-0.3, -0.25) is 4.79 Å². The fraction of sp³-hybridized carbons (Fsp3) is 0.222. The molecule has 3 rings (SSSR count). The second-order valence-corrected chi connectivity index (χ2v) is 6.73. The molecule has 0 aliphatic carbocycles. The van der Waals surface area contributed by atoms with Gasteiger partial charge < -0.3 is 15.0 Å². The lowest BCUT2D eigenvalue weighted by Gasteiger charge is -2.08. The van der Waals surface area contributed by atoms with Gasteiger partial charge in [-0.15, -0.1) is 0 Å². The summed E-state index contributed by atoms with van der Waals surface area (Å²) in [5.74, 6) is -2.88. The van der Waals surface area contributed by atoms with E-state index in [0.717, 1.165) is 28.3 Å². The van der Waals surface area contributed by atoms with Gasteiger partial charge in [-0.05, 0) is 62.1 Å². The number of anilines is 1. The van der Waals surface area contributed by atoms with Gasteiger partial charge in [0.2, 0.25) is 0 Å². The van der Waals surface area contributed by atoms with Crippen LogP contribution in [0.3, 0.4) is 0 Å². The van der Waals surface area contributed by atoms with Gasteiger partial charge >= 0.3 is 12.1 Å². The zero-order valence-electron chi connectivity index (χ0n) is 15.6. The van der Waals surface area contributed by atoms with Crippen LogP contribution >= 0.6 is 11.5 Å². The molecule has 154 valence electrons. The lowest BCUT2D eigenvalue weighted by atomic mass is 10.2. The summed E-state index contributed by atoms with van der Waals surface area (Å²) in [5.41, 5.74) is 4.79. The number of nitrogens with zero attached hydrogens (tertiary/aromatic N) is 3. The van der Waals surface area contributed by atoms with Crippen molar-refractivity contribution in [2.75, 3.05) is 5.32 Å². The van der Waals surface area contributed by atoms with Gasteiger partial charge in [0.15, 0.2) is 0 Å². The molecule has 2 aromatic heterocycles. The summed E-state index contributed by atoms with van der Waals surface area (Å²) >= 11 is 1.21. The molecule has 0 radical (unpaired) electrons. The van der Waals surface area contributed by atoms with Gasteiger partial charge in [0.05, 0.1) is 12.0 Å². The molecule has 3 aromatic rings. The van der Waals surface area contributed by atoms with Crippen molar-refractivity contribution in [1.82, 2.24) is 13.9 Å². The first kappa shape index (κ1) is 22.1. The molecule has 2 heterocycles. The molecule has 2 N–H and O–H groups in total. The number of benzene rings is 1. The number of halogens is 3. The number of imidazole rings is 1. The second-order valence-electron chi connectivity index (χ2n) is 5.93. The van der Waals surface area contributed by atoms with Crippen molar-refractivity contribution in [1.29, 1.82) is 0 Å². The number of carboxylic acid groups (broad SMARTS) is 1. The number of aryl methyl sites for hydroxylation is 2. The maximum atomic E-state index is 12.2. The molecular formula is C18H17F3N4O3S. The largest absolute Gasteiger partial charge is 0.490 e. The Labute approximate surface area is 168 Å². The molecule has 1 aromatic carbocycles. The fourth-order valence-electron chi connectivity index (χ4n) is 2.16. The van der Waals surface area contributed by atoms with Crippen molar-refractivity contribution < 1.29 is 27.9 Å². The zero-order chi connectivity index (χ0) is 21.8. The zero-order valence-corrected chi connectivity index (χ0v) is 16.4. The first-order valence-electron chi connectivity index (χ1n) is 8.14. The molecule has 0 saturated heterocycles. The number of aromatic nitrogens is 3. The van der Waals surface area contributed by atoms with Crippen molar-refractivity contribution in [3.05, 3.63) is 58.6 Å². The van der Waals surface area contributed by atoms with Crippen molar-refractivity contribution in [3.63, 3.8) is 0 Å². The molecule has 11 heteroatoms. The van der Waals surface area contributed by atoms with Crippen molar-refractivity contribution >= 4 is 29.1 Å². The molecule has 0 atom stereocenters. The third-order valence-corrected chi connectivity index (χ3v) is 4.75. The number of nitrogens with one attached hydrogen (secondary N) is 1. The summed E-state index contributed by atoms with van der Waals surface area (Å²) in [6, 6.07) is 7.70. The number of amides is 1. The Balaban J connectivity index is 0.000000370. The smallest absolute Gasteiger partial charge is 0.475 e. The Kier molecular flexibility index (Phi) is 6.75. The molecule has 0 fully saturated rings. The Morgan fingerprint density at radius 2 is 1.72 bits per heavy atom. The van der Waals surface area contributed by atoms with Crippen LogP contribution in [0.4, 0.5) is 18.9 Å². The SMILES string of the molecule is Cc1cnsc1C(=O)Nc1ccc(-n2cnc(C)c2C)cc1.O=C(O)C(F)(F)F. The highest BCUT2D eigenvalue weighted by Crippen LogP contribution is 2.19. The maximum Gasteiger partial charge on any atom is 0.490 e. The van der Waals surface area contributed by atoms with Crippen LogP contribution in [0.15, 0.2) is 36.8 Å². The van der Waals surface area contributed by atoms with Crippen LogP contribution in [0, 0.1) is 20.8 Å². The maximum absolute atomic E-state index is 12.2. The summed E-state index contributed by atoms with van der Waals surface area (Å²) in [5, 5.41) is 10.0. The molecule has 0 aliphatic heterocycles. The number of rotatable bonds is 3. The standard InChI is InChI=1S/C16H16N4OS.C2HF3O2/c1-10-8-18-22-15(10)16(21)19-13-4-6-14(7-5-13)20-9-17-11(2)12(20)3;3-2(4,5)1(6)7/h4-9H,1-3H3,(H,19,21);(H,6,7). The fourth-order valence-corrected chi connectivity index (χ4v) is 2.81. The normalized spacial score (nSPS) is 10.8. The number of carbonyl (C=O) groups is 2. The third kappa shape index (κ3) is 5.64. The minimum atomic E-state index is -5.08. The third-order valence-electron chi connectivity index (χ3n) is 3.85. The van der Waals surface area contributed by atoms with Crippen LogP contribution in [-0.2, 0) is 4.79 Å². The van der Waals surface area contributed by atoms with E-state index in [-0.39, 0.29) is 5.91 Å². The molecule has 0 spiro atoms. The van der Waals surface area contributed by atoms with Gasteiger partial charge in [0.25, 0.3) is 5.91 Å². The van der Waals surface area contributed by atoms with E-state index in [9.17, 15) is 18.0 Å². The number of alkyl halides is 3. The summed E-state index contributed by atoms with van der Waals surface area (Å²) in [6.07, 6.45) is -1.58. The van der Waals surface area contributed by atoms with Gasteiger partial charge in [-0.25, -0.2) is 14.2 Å². The first-order chi connectivity index (χ1) is 13.5. The summed E-state index contributed by atoms with van der Waals surface area (Å²) in [6.45, 7) is 5.90. The van der Waals surface area contributed by atoms with Gasteiger partial charge in [0, 0.05) is 23.3 Å². The van der Waals surface area contributed by atoms with Crippen molar-refractivity contribution in [2.45, 2.75) is 26.9 Å². The topological polar surface area (TPSA) is 97.1 Å². The summed E-state index contributed by atoms with van der Waals surface area (Å²) < 4.78 is 37.8. The Hall–Kier alpha value is -3.21. The van der Waals surface area contributed by atoms with Crippen LogP contribution in [0.5, 0.6) is 0 Å². The lowest BCUT2D eigenvalue weighted by molar-refractivity contribution is -0.192. The molecule has 0 aliphatic rings. The first-order valence-corrected chi connectivity index (χ1v) is 8.91.